The van der Waals surface area contributed by atoms with Gasteiger partial charge in [0.1, 0.15) is 0 Å². The summed E-state index contributed by atoms with van der Waals surface area (Å²) >= 11 is 1.55. The lowest BCUT2D eigenvalue weighted by Crippen LogP contribution is -2.31. The molecule has 0 aliphatic heterocycles. The van der Waals surface area contributed by atoms with Gasteiger partial charge in [-0.3, -0.25) is 4.79 Å². The highest BCUT2D eigenvalue weighted by molar-refractivity contribution is 7.08. The van der Waals surface area contributed by atoms with Gasteiger partial charge in [0.25, 0.3) is 5.91 Å². The predicted octanol–water partition coefficient (Wildman–Crippen LogP) is 1.09. The van der Waals surface area contributed by atoms with Crippen LogP contribution in [0, 0.1) is 6.92 Å². The van der Waals surface area contributed by atoms with Crippen LogP contribution in [-0.2, 0) is 0 Å². The van der Waals surface area contributed by atoms with Crippen LogP contribution in [0.5, 0.6) is 0 Å². The summed E-state index contributed by atoms with van der Waals surface area (Å²) in [5.41, 5.74) is 7.20. The van der Waals surface area contributed by atoms with Crippen LogP contribution in [0.2, 0.25) is 0 Å². The molecule has 0 unspecified atom stereocenters. The monoisotopic (exact) mass is 198 g/mol. The molecule has 0 fully saturated rings. The third-order valence-electron chi connectivity index (χ3n) is 1.90. The second-order valence-corrected chi connectivity index (χ2v) is 3.73. The number of aryl methyl sites for hydroxylation is 1. The number of rotatable bonds is 3. The van der Waals surface area contributed by atoms with Crippen LogP contribution in [0.1, 0.15) is 15.9 Å². The summed E-state index contributed by atoms with van der Waals surface area (Å²) in [6, 6.07) is 0. The topological polar surface area (TPSA) is 46.3 Å². The largest absolute Gasteiger partial charge is 0.340 e. The lowest BCUT2D eigenvalue weighted by Gasteiger charge is -2.15. The van der Waals surface area contributed by atoms with Crippen LogP contribution >= 0.6 is 11.3 Å². The molecule has 1 aromatic heterocycles. The Kier molecular flexibility index (Phi) is 3.45. The third-order valence-corrected chi connectivity index (χ3v) is 2.76. The number of amides is 1. The Morgan fingerprint density at radius 1 is 1.62 bits per heavy atom. The number of nitrogens with two attached hydrogens (primary N) is 1. The van der Waals surface area contributed by atoms with Gasteiger partial charge in [0.05, 0.1) is 5.56 Å². The second kappa shape index (κ2) is 4.39. The molecule has 0 aromatic carbocycles. The van der Waals surface area contributed by atoms with E-state index in [1.54, 1.807) is 23.3 Å². The zero-order valence-corrected chi connectivity index (χ0v) is 8.73. The molecule has 0 bridgehead atoms. The van der Waals surface area contributed by atoms with Crippen molar-refractivity contribution in [3.63, 3.8) is 0 Å². The molecule has 3 nitrogen and oxygen atoms in total. The van der Waals surface area contributed by atoms with Crippen molar-refractivity contribution in [1.29, 1.82) is 0 Å². The van der Waals surface area contributed by atoms with E-state index in [0.717, 1.165) is 11.1 Å². The average molecular weight is 198 g/mol. The summed E-state index contributed by atoms with van der Waals surface area (Å²) in [5, 5.41) is 3.86. The van der Waals surface area contributed by atoms with E-state index in [1.807, 2.05) is 17.7 Å². The highest BCUT2D eigenvalue weighted by atomic mass is 32.1. The van der Waals surface area contributed by atoms with Crippen LogP contribution in [0.25, 0.3) is 0 Å². The molecule has 0 saturated heterocycles. The third kappa shape index (κ3) is 2.29. The summed E-state index contributed by atoms with van der Waals surface area (Å²) < 4.78 is 0. The van der Waals surface area contributed by atoms with Crippen LogP contribution in [0.15, 0.2) is 10.8 Å². The Labute approximate surface area is 82.2 Å². The lowest BCUT2D eigenvalue weighted by molar-refractivity contribution is 0.0799. The fourth-order valence-corrected chi connectivity index (χ4v) is 1.90. The fraction of sp³-hybridized carbons (Fsp3) is 0.444. The lowest BCUT2D eigenvalue weighted by atomic mass is 10.2. The van der Waals surface area contributed by atoms with Gasteiger partial charge in [0.15, 0.2) is 0 Å². The molecule has 0 radical (unpaired) electrons. The maximum Gasteiger partial charge on any atom is 0.254 e. The molecule has 0 aliphatic carbocycles. The molecule has 2 N–H and O–H groups in total. The number of likely N-dealkylation sites (N-methyl/N-ethyl adjacent to an activating group) is 1. The van der Waals surface area contributed by atoms with Crippen LogP contribution < -0.4 is 5.73 Å². The SMILES string of the molecule is Cc1cscc1C(=O)N(C)CCN. The van der Waals surface area contributed by atoms with Gasteiger partial charge in [-0.25, -0.2) is 0 Å². The minimum atomic E-state index is 0.0594. The van der Waals surface area contributed by atoms with E-state index in [0.29, 0.717) is 13.1 Å². The molecule has 1 aromatic rings. The van der Waals surface area contributed by atoms with Crippen molar-refractivity contribution in [2.75, 3.05) is 20.1 Å². The van der Waals surface area contributed by atoms with Crippen molar-refractivity contribution >= 4 is 17.2 Å². The second-order valence-electron chi connectivity index (χ2n) is 2.98. The minimum absolute atomic E-state index is 0.0594. The number of hydrogen-bond acceptors (Lipinski definition) is 3. The van der Waals surface area contributed by atoms with Gasteiger partial charge in [0, 0.05) is 25.5 Å². The van der Waals surface area contributed by atoms with Gasteiger partial charge in [-0.2, -0.15) is 11.3 Å². The molecule has 13 heavy (non-hydrogen) atoms. The van der Waals surface area contributed by atoms with Gasteiger partial charge in [-0.05, 0) is 17.9 Å². The summed E-state index contributed by atoms with van der Waals surface area (Å²) in [4.78, 5) is 13.3. The van der Waals surface area contributed by atoms with Crippen LogP contribution in [-0.4, -0.2) is 30.9 Å². The number of carbonyl (C=O) groups is 1. The van der Waals surface area contributed by atoms with E-state index < -0.39 is 0 Å². The van der Waals surface area contributed by atoms with Crippen LogP contribution in [0.3, 0.4) is 0 Å². The van der Waals surface area contributed by atoms with Gasteiger partial charge >= 0.3 is 0 Å². The summed E-state index contributed by atoms with van der Waals surface area (Å²) in [6.45, 7) is 3.06. The number of hydrogen-bond donors (Lipinski definition) is 1. The predicted molar refractivity (Wildman–Crippen MR) is 55.1 cm³/mol. The number of nitrogens with zero attached hydrogens (tertiary/aromatic N) is 1. The van der Waals surface area contributed by atoms with Gasteiger partial charge in [0.2, 0.25) is 0 Å². The molecule has 0 saturated carbocycles. The van der Waals surface area contributed by atoms with E-state index >= 15 is 0 Å². The van der Waals surface area contributed by atoms with Gasteiger partial charge in [-0.15, -0.1) is 0 Å². The summed E-state index contributed by atoms with van der Waals surface area (Å²) in [5.74, 6) is 0.0594. The van der Waals surface area contributed by atoms with Crippen molar-refractivity contribution in [1.82, 2.24) is 4.90 Å². The zero-order chi connectivity index (χ0) is 9.84. The first kappa shape index (κ1) is 10.2. The maximum atomic E-state index is 11.7. The van der Waals surface area contributed by atoms with E-state index in [9.17, 15) is 4.79 Å². The minimum Gasteiger partial charge on any atom is -0.340 e. The summed E-state index contributed by atoms with van der Waals surface area (Å²) in [7, 11) is 1.77. The first-order valence-corrected chi connectivity index (χ1v) is 5.09. The maximum absolute atomic E-state index is 11.7. The van der Waals surface area contributed by atoms with Crippen molar-refractivity contribution in [3.05, 3.63) is 21.9 Å². The summed E-state index contributed by atoms with van der Waals surface area (Å²) in [6.07, 6.45) is 0. The first-order chi connectivity index (χ1) is 6.16. The Balaban J connectivity index is 2.73. The highest BCUT2D eigenvalue weighted by Gasteiger charge is 2.13. The van der Waals surface area contributed by atoms with Gasteiger partial charge in [-0.1, -0.05) is 0 Å². The Bertz CT molecular complexity index is 296. The Morgan fingerprint density at radius 3 is 2.77 bits per heavy atom. The molecule has 1 amide bonds. The molecule has 4 heteroatoms. The molecular weight excluding hydrogens is 184 g/mol. The molecule has 0 aliphatic rings. The van der Waals surface area contributed by atoms with Crippen LogP contribution in [0.4, 0.5) is 0 Å². The standard InChI is InChI=1S/C9H14N2OS/c1-7-5-13-6-8(7)9(12)11(2)4-3-10/h5-6H,3-4,10H2,1-2H3. The smallest absolute Gasteiger partial charge is 0.254 e. The van der Waals surface area contributed by atoms with E-state index in [1.165, 1.54) is 0 Å². The molecule has 1 rings (SSSR count). The van der Waals surface area contributed by atoms with E-state index in [-0.39, 0.29) is 5.91 Å². The van der Waals surface area contributed by atoms with Gasteiger partial charge < -0.3 is 10.6 Å². The average Bonchev–Trinajstić information content (AvgIpc) is 2.50. The molecule has 0 spiro atoms. The molecule has 1 heterocycles. The van der Waals surface area contributed by atoms with Crippen molar-refractivity contribution < 1.29 is 4.79 Å². The van der Waals surface area contributed by atoms with E-state index in [2.05, 4.69) is 0 Å². The Hall–Kier alpha value is -0.870. The first-order valence-electron chi connectivity index (χ1n) is 4.15. The normalized spacial score (nSPS) is 10.1. The zero-order valence-electron chi connectivity index (χ0n) is 7.91. The highest BCUT2D eigenvalue weighted by Crippen LogP contribution is 2.15. The van der Waals surface area contributed by atoms with Crippen molar-refractivity contribution in [2.45, 2.75) is 6.92 Å². The van der Waals surface area contributed by atoms with E-state index in [4.69, 9.17) is 5.73 Å². The van der Waals surface area contributed by atoms with Crippen molar-refractivity contribution in [3.8, 4) is 0 Å². The molecule has 72 valence electrons. The fourth-order valence-electron chi connectivity index (χ4n) is 1.08. The Morgan fingerprint density at radius 2 is 2.31 bits per heavy atom. The molecule has 0 atom stereocenters. The quantitative estimate of drug-likeness (QED) is 0.790. The number of carbonyl (C=O) groups excluding carboxylic acids is 1. The number of thiophene rings is 1. The molecular formula is C9H14N2OS. The van der Waals surface area contributed by atoms with Crippen molar-refractivity contribution in [2.24, 2.45) is 5.73 Å².